The van der Waals surface area contributed by atoms with E-state index in [-0.39, 0.29) is 5.41 Å². The van der Waals surface area contributed by atoms with Gasteiger partial charge in [0, 0.05) is 24.5 Å². The molecule has 0 unspecified atom stereocenters. The molecule has 1 aliphatic heterocycles. The van der Waals surface area contributed by atoms with Gasteiger partial charge in [-0.3, -0.25) is 0 Å². The lowest BCUT2D eigenvalue weighted by molar-refractivity contribution is 0.356. The lowest BCUT2D eigenvalue weighted by Crippen LogP contribution is -2.25. The third-order valence-electron chi connectivity index (χ3n) is 4.18. The zero-order valence-corrected chi connectivity index (χ0v) is 13.5. The average molecular weight is 302 g/mol. The summed E-state index contributed by atoms with van der Waals surface area (Å²) >= 11 is 0. The van der Waals surface area contributed by atoms with Crippen LogP contribution in [0.3, 0.4) is 0 Å². The van der Waals surface area contributed by atoms with E-state index in [0.29, 0.717) is 23.3 Å². The molecule has 2 N–H and O–H groups in total. The third-order valence-corrected chi connectivity index (χ3v) is 4.18. The van der Waals surface area contributed by atoms with Crippen molar-refractivity contribution in [1.29, 1.82) is 0 Å². The fourth-order valence-corrected chi connectivity index (χ4v) is 2.89. The molecule has 0 aliphatic carbocycles. The van der Waals surface area contributed by atoms with E-state index < -0.39 is 0 Å². The first kappa shape index (κ1) is 14.7. The van der Waals surface area contributed by atoms with Crippen molar-refractivity contribution in [2.45, 2.75) is 20.3 Å². The monoisotopic (exact) mass is 302 g/mol. The number of fused-ring (bicyclic) bond motifs is 1. The molecule has 1 saturated heterocycles. The van der Waals surface area contributed by atoms with Gasteiger partial charge in [-0.15, -0.1) is 0 Å². The summed E-state index contributed by atoms with van der Waals surface area (Å²) in [7, 11) is 3.21. The molecule has 6 nitrogen and oxygen atoms in total. The summed E-state index contributed by atoms with van der Waals surface area (Å²) in [6.45, 7) is 6.40. The molecule has 22 heavy (non-hydrogen) atoms. The Morgan fingerprint density at radius 1 is 1.14 bits per heavy atom. The van der Waals surface area contributed by atoms with Gasteiger partial charge in [0.25, 0.3) is 0 Å². The van der Waals surface area contributed by atoms with E-state index in [2.05, 4.69) is 28.7 Å². The molecule has 0 bridgehead atoms. The minimum absolute atomic E-state index is 0.282. The van der Waals surface area contributed by atoms with Crippen molar-refractivity contribution >= 4 is 22.7 Å². The Bertz CT molecular complexity index is 715. The maximum Gasteiger partial charge on any atom is 0.227 e. The highest BCUT2D eigenvalue weighted by atomic mass is 16.5. The van der Waals surface area contributed by atoms with E-state index in [1.165, 1.54) is 0 Å². The van der Waals surface area contributed by atoms with Crippen LogP contribution in [0.4, 0.5) is 11.8 Å². The molecule has 0 spiro atoms. The highest BCUT2D eigenvalue weighted by Crippen LogP contribution is 2.36. The van der Waals surface area contributed by atoms with Gasteiger partial charge in [-0.25, -0.2) is 4.98 Å². The number of ether oxygens (including phenoxy) is 2. The van der Waals surface area contributed by atoms with Gasteiger partial charge >= 0.3 is 0 Å². The number of hydrogen-bond donors (Lipinski definition) is 1. The Morgan fingerprint density at radius 3 is 2.41 bits per heavy atom. The predicted octanol–water partition coefficient (Wildman–Crippen LogP) is 2.47. The predicted molar refractivity (Wildman–Crippen MR) is 87.7 cm³/mol. The molecular formula is C16H22N4O2. The van der Waals surface area contributed by atoms with Crippen LogP contribution in [0.2, 0.25) is 0 Å². The Hall–Kier alpha value is -2.24. The van der Waals surface area contributed by atoms with Crippen LogP contribution < -0.4 is 20.1 Å². The molecule has 0 saturated carbocycles. The summed E-state index contributed by atoms with van der Waals surface area (Å²) < 4.78 is 10.7. The van der Waals surface area contributed by atoms with Gasteiger partial charge in [0.2, 0.25) is 5.95 Å². The molecule has 1 aliphatic rings. The Labute approximate surface area is 130 Å². The number of nitrogen functional groups attached to an aromatic ring is 1. The third kappa shape index (κ3) is 2.49. The van der Waals surface area contributed by atoms with Gasteiger partial charge < -0.3 is 20.1 Å². The molecule has 2 heterocycles. The van der Waals surface area contributed by atoms with Crippen molar-refractivity contribution in [3.63, 3.8) is 0 Å². The number of nitrogens with zero attached hydrogens (tertiary/aromatic N) is 3. The van der Waals surface area contributed by atoms with Gasteiger partial charge in [-0.1, -0.05) is 13.8 Å². The van der Waals surface area contributed by atoms with Crippen LogP contribution in [0, 0.1) is 5.41 Å². The van der Waals surface area contributed by atoms with E-state index in [1.54, 1.807) is 14.2 Å². The summed E-state index contributed by atoms with van der Waals surface area (Å²) in [4.78, 5) is 11.3. The standard InChI is InChI=1S/C16H22N4O2/c1-16(2)5-6-20(9-16)15-18-11-8-13(22-4)12(21-3)7-10(11)14(17)19-15/h7-8H,5-6,9H2,1-4H3,(H2,17,18,19). The first-order valence-electron chi connectivity index (χ1n) is 7.38. The molecule has 0 atom stereocenters. The fraction of sp³-hybridized carbons (Fsp3) is 0.500. The molecule has 2 aromatic rings. The second-order valence-electron chi connectivity index (χ2n) is 6.47. The van der Waals surface area contributed by atoms with Crippen LogP contribution in [0.25, 0.3) is 10.9 Å². The molecule has 0 radical (unpaired) electrons. The van der Waals surface area contributed by atoms with Crippen molar-refractivity contribution in [1.82, 2.24) is 9.97 Å². The van der Waals surface area contributed by atoms with Crippen molar-refractivity contribution in [3.8, 4) is 11.5 Å². The van der Waals surface area contributed by atoms with Gasteiger partial charge in [-0.2, -0.15) is 4.98 Å². The Kier molecular flexibility index (Phi) is 3.47. The molecular weight excluding hydrogens is 280 g/mol. The number of benzene rings is 1. The Balaban J connectivity index is 2.08. The highest BCUT2D eigenvalue weighted by molar-refractivity contribution is 5.91. The minimum Gasteiger partial charge on any atom is -0.493 e. The largest absolute Gasteiger partial charge is 0.493 e. The van der Waals surface area contributed by atoms with Crippen LogP contribution in [0.1, 0.15) is 20.3 Å². The Morgan fingerprint density at radius 2 is 1.82 bits per heavy atom. The molecule has 3 rings (SSSR count). The maximum absolute atomic E-state index is 6.13. The molecule has 0 amide bonds. The van der Waals surface area contributed by atoms with Crippen molar-refractivity contribution < 1.29 is 9.47 Å². The van der Waals surface area contributed by atoms with Gasteiger partial charge in [0.1, 0.15) is 5.82 Å². The zero-order valence-electron chi connectivity index (χ0n) is 13.5. The molecule has 118 valence electrons. The number of rotatable bonds is 3. The summed E-state index contributed by atoms with van der Waals surface area (Å²) in [5, 5.41) is 0.778. The SMILES string of the molecule is COc1cc2nc(N3CCC(C)(C)C3)nc(N)c2cc1OC. The average Bonchev–Trinajstić information content (AvgIpc) is 2.86. The second kappa shape index (κ2) is 5.19. The summed E-state index contributed by atoms with van der Waals surface area (Å²) in [6.07, 6.45) is 1.13. The number of aromatic nitrogens is 2. The molecule has 6 heteroatoms. The summed E-state index contributed by atoms with van der Waals surface area (Å²) in [6, 6.07) is 3.66. The lowest BCUT2D eigenvalue weighted by atomic mass is 9.93. The van der Waals surface area contributed by atoms with Crippen LogP contribution in [-0.2, 0) is 0 Å². The molecule has 1 aromatic heterocycles. The van der Waals surface area contributed by atoms with E-state index in [1.807, 2.05) is 12.1 Å². The quantitative estimate of drug-likeness (QED) is 0.939. The second-order valence-corrected chi connectivity index (χ2v) is 6.47. The van der Waals surface area contributed by atoms with Gasteiger partial charge in [0.15, 0.2) is 11.5 Å². The maximum atomic E-state index is 6.13. The number of methoxy groups -OCH3 is 2. The zero-order chi connectivity index (χ0) is 15.9. The van der Waals surface area contributed by atoms with E-state index in [9.17, 15) is 0 Å². The first-order chi connectivity index (χ1) is 10.4. The number of hydrogen-bond acceptors (Lipinski definition) is 6. The lowest BCUT2D eigenvalue weighted by Gasteiger charge is -2.20. The smallest absolute Gasteiger partial charge is 0.227 e. The normalized spacial score (nSPS) is 17.0. The van der Waals surface area contributed by atoms with Crippen LogP contribution >= 0.6 is 0 Å². The van der Waals surface area contributed by atoms with E-state index >= 15 is 0 Å². The van der Waals surface area contributed by atoms with E-state index in [0.717, 1.165) is 30.4 Å². The summed E-state index contributed by atoms with van der Waals surface area (Å²) in [5.41, 5.74) is 7.18. The van der Waals surface area contributed by atoms with E-state index in [4.69, 9.17) is 15.2 Å². The molecule has 1 aromatic carbocycles. The van der Waals surface area contributed by atoms with Crippen LogP contribution in [0.5, 0.6) is 11.5 Å². The first-order valence-corrected chi connectivity index (χ1v) is 7.38. The minimum atomic E-state index is 0.282. The number of anilines is 2. The molecule has 1 fully saturated rings. The number of nitrogens with two attached hydrogens (primary N) is 1. The summed E-state index contributed by atoms with van der Waals surface area (Å²) in [5.74, 6) is 2.41. The van der Waals surface area contributed by atoms with Gasteiger partial charge in [-0.05, 0) is 17.9 Å². The van der Waals surface area contributed by atoms with Crippen LogP contribution in [0.15, 0.2) is 12.1 Å². The fourth-order valence-electron chi connectivity index (χ4n) is 2.89. The van der Waals surface area contributed by atoms with Crippen molar-refractivity contribution in [3.05, 3.63) is 12.1 Å². The van der Waals surface area contributed by atoms with Crippen LogP contribution in [-0.4, -0.2) is 37.3 Å². The highest BCUT2D eigenvalue weighted by Gasteiger charge is 2.31. The van der Waals surface area contributed by atoms with Crippen molar-refractivity contribution in [2.24, 2.45) is 5.41 Å². The van der Waals surface area contributed by atoms with Gasteiger partial charge in [0.05, 0.1) is 19.7 Å². The van der Waals surface area contributed by atoms with Crippen molar-refractivity contribution in [2.75, 3.05) is 37.9 Å². The topological polar surface area (TPSA) is 73.5 Å².